The molecule has 0 amide bonds. The van der Waals surface area contributed by atoms with Crippen LogP contribution >= 0.6 is 0 Å². The zero-order valence-corrected chi connectivity index (χ0v) is 11.2. The molecule has 1 atom stereocenters. The molecule has 0 bridgehead atoms. The highest BCUT2D eigenvalue weighted by molar-refractivity contribution is 5.48. The first-order valence-electron chi connectivity index (χ1n) is 6.72. The average molecular weight is 250 g/mol. The Balaban J connectivity index is 2.06. The number of hydrogen-bond donors (Lipinski definition) is 1. The summed E-state index contributed by atoms with van der Waals surface area (Å²) in [7, 11) is 0. The van der Waals surface area contributed by atoms with E-state index in [2.05, 4.69) is 34.0 Å². The zero-order chi connectivity index (χ0) is 12.8. The van der Waals surface area contributed by atoms with Gasteiger partial charge in [-0.25, -0.2) is 9.97 Å². The molecule has 1 N–H and O–H groups in total. The van der Waals surface area contributed by atoms with Gasteiger partial charge < -0.3 is 15.0 Å². The van der Waals surface area contributed by atoms with Gasteiger partial charge in [0.2, 0.25) is 0 Å². The minimum atomic E-state index is 0.259. The molecule has 18 heavy (non-hydrogen) atoms. The highest BCUT2D eigenvalue weighted by Gasteiger charge is 2.16. The van der Waals surface area contributed by atoms with Gasteiger partial charge in [-0.1, -0.05) is 6.92 Å². The molecule has 5 nitrogen and oxygen atoms in total. The van der Waals surface area contributed by atoms with E-state index in [4.69, 9.17) is 4.74 Å². The highest BCUT2D eigenvalue weighted by Crippen LogP contribution is 2.17. The van der Waals surface area contributed by atoms with Crippen molar-refractivity contribution in [3.63, 3.8) is 0 Å². The summed E-state index contributed by atoms with van der Waals surface area (Å²) in [6.07, 6.45) is 4.03. The SMILES string of the molecule is CCCNc1cc(N2CCCOC(C)C2)ncn1. The van der Waals surface area contributed by atoms with Crippen LogP contribution in [0.3, 0.4) is 0 Å². The van der Waals surface area contributed by atoms with Gasteiger partial charge in [0.05, 0.1) is 6.10 Å². The molecule has 1 aliphatic heterocycles. The lowest BCUT2D eigenvalue weighted by Crippen LogP contribution is -2.30. The lowest BCUT2D eigenvalue weighted by Gasteiger charge is -2.23. The molecule has 1 aromatic rings. The summed E-state index contributed by atoms with van der Waals surface area (Å²) in [5.74, 6) is 1.89. The number of ether oxygens (including phenoxy) is 1. The Morgan fingerprint density at radius 3 is 3.22 bits per heavy atom. The van der Waals surface area contributed by atoms with Crippen molar-refractivity contribution in [2.45, 2.75) is 32.8 Å². The molecule has 2 heterocycles. The minimum Gasteiger partial charge on any atom is -0.377 e. The van der Waals surface area contributed by atoms with Crippen LogP contribution in [0.25, 0.3) is 0 Å². The van der Waals surface area contributed by atoms with Crippen LogP contribution in [0.1, 0.15) is 26.7 Å². The summed E-state index contributed by atoms with van der Waals surface area (Å²) in [5.41, 5.74) is 0. The largest absolute Gasteiger partial charge is 0.377 e. The van der Waals surface area contributed by atoms with Crippen molar-refractivity contribution in [2.75, 3.05) is 36.5 Å². The summed E-state index contributed by atoms with van der Waals surface area (Å²) in [4.78, 5) is 10.9. The third-order valence-electron chi connectivity index (χ3n) is 2.98. The van der Waals surface area contributed by atoms with Crippen LogP contribution in [-0.4, -0.2) is 42.3 Å². The van der Waals surface area contributed by atoms with E-state index in [1.807, 2.05) is 6.07 Å². The van der Waals surface area contributed by atoms with Crippen LogP contribution in [0.2, 0.25) is 0 Å². The third-order valence-corrected chi connectivity index (χ3v) is 2.98. The van der Waals surface area contributed by atoms with Gasteiger partial charge in [0.1, 0.15) is 18.0 Å². The van der Waals surface area contributed by atoms with E-state index in [9.17, 15) is 0 Å². The number of hydrogen-bond acceptors (Lipinski definition) is 5. The second-order valence-electron chi connectivity index (χ2n) is 4.67. The van der Waals surface area contributed by atoms with Crippen LogP contribution < -0.4 is 10.2 Å². The fourth-order valence-corrected chi connectivity index (χ4v) is 2.07. The molecule has 0 saturated carbocycles. The molecule has 100 valence electrons. The first-order valence-corrected chi connectivity index (χ1v) is 6.72. The van der Waals surface area contributed by atoms with Gasteiger partial charge >= 0.3 is 0 Å². The van der Waals surface area contributed by atoms with Gasteiger partial charge in [-0.15, -0.1) is 0 Å². The molecule has 2 rings (SSSR count). The molecule has 1 aromatic heterocycles. The summed E-state index contributed by atoms with van der Waals surface area (Å²) in [6.45, 7) is 7.91. The third kappa shape index (κ3) is 3.57. The van der Waals surface area contributed by atoms with Gasteiger partial charge in [-0.2, -0.15) is 0 Å². The first kappa shape index (κ1) is 13.1. The van der Waals surface area contributed by atoms with Crippen LogP contribution in [0.15, 0.2) is 12.4 Å². The Morgan fingerprint density at radius 1 is 1.50 bits per heavy atom. The van der Waals surface area contributed by atoms with Crippen LogP contribution in [-0.2, 0) is 4.74 Å². The van der Waals surface area contributed by atoms with Crippen molar-refractivity contribution in [1.82, 2.24) is 9.97 Å². The van der Waals surface area contributed by atoms with Crippen molar-refractivity contribution in [3.8, 4) is 0 Å². The lowest BCUT2D eigenvalue weighted by molar-refractivity contribution is 0.0820. The second-order valence-corrected chi connectivity index (χ2v) is 4.67. The number of nitrogens with zero attached hydrogens (tertiary/aromatic N) is 3. The molecule has 1 saturated heterocycles. The standard InChI is InChI=1S/C13H22N4O/c1-3-5-14-12-8-13(16-10-15-12)17-6-4-7-18-11(2)9-17/h8,10-11H,3-7,9H2,1-2H3,(H,14,15,16). The average Bonchev–Trinajstić information content (AvgIpc) is 2.61. The predicted molar refractivity (Wildman–Crippen MR) is 73.1 cm³/mol. The van der Waals surface area contributed by atoms with Gasteiger partial charge in [0, 0.05) is 32.3 Å². The van der Waals surface area contributed by atoms with E-state index in [0.717, 1.165) is 50.7 Å². The predicted octanol–water partition coefficient (Wildman–Crippen LogP) is 1.91. The molecule has 0 radical (unpaired) electrons. The van der Waals surface area contributed by atoms with E-state index >= 15 is 0 Å². The van der Waals surface area contributed by atoms with Crippen molar-refractivity contribution >= 4 is 11.6 Å². The Kier molecular flexibility index (Phi) is 4.75. The quantitative estimate of drug-likeness (QED) is 0.884. The van der Waals surface area contributed by atoms with Crippen LogP contribution in [0, 0.1) is 0 Å². The maximum absolute atomic E-state index is 5.65. The molecule has 0 spiro atoms. The van der Waals surface area contributed by atoms with E-state index in [1.54, 1.807) is 6.33 Å². The van der Waals surface area contributed by atoms with Gasteiger partial charge in [0.25, 0.3) is 0 Å². The minimum absolute atomic E-state index is 0.259. The highest BCUT2D eigenvalue weighted by atomic mass is 16.5. The van der Waals surface area contributed by atoms with Crippen molar-refractivity contribution in [2.24, 2.45) is 0 Å². The van der Waals surface area contributed by atoms with Gasteiger partial charge in [-0.3, -0.25) is 0 Å². The summed E-state index contributed by atoms with van der Waals surface area (Å²) in [6, 6.07) is 2.02. The summed E-state index contributed by atoms with van der Waals surface area (Å²) in [5, 5.41) is 3.29. The van der Waals surface area contributed by atoms with Crippen molar-refractivity contribution in [3.05, 3.63) is 12.4 Å². The Labute approximate surface area is 109 Å². The van der Waals surface area contributed by atoms with Crippen LogP contribution in [0.4, 0.5) is 11.6 Å². The van der Waals surface area contributed by atoms with E-state index in [1.165, 1.54) is 0 Å². The molecule has 1 unspecified atom stereocenters. The van der Waals surface area contributed by atoms with Gasteiger partial charge in [-0.05, 0) is 19.8 Å². The van der Waals surface area contributed by atoms with E-state index < -0.39 is 0 Å². The molecule has 0 aromatic carbocycles. The summed E-state index contributed by atoms with van der Waals surface area (Å²) < 4.78 is 5.65. The molecule has 1 fully saturated rings. The first-order chi connectivity index (χ1) is 8.79. The smallest absolute Gasteiger partial charge is 0.134 e. The Hall–Kier alpha value is -1.36. The number of nitrogens with one attached hydrogen (secondary N) is 1. The molecule has 0 aliphatic carbocycles. The molecular formula is C13H22N4O. The van der Waals surface area contributed by atoms with E-state index in [-0.39, 0.29) is 6.10 Å². The van der Waals surface area contributed by atoms with Gasteiger partial charge in [0.15, 0.2) is 0 Å². The van der Waals surface area contributed by atoms with E-state index in [0.29, 0.717) is 0 Å². The summed E-state index contributed by atoms with van der Waals surface area (Å²) >= 11 is 0. The number of aromatic nitrogens is 2. The normalized spacial score (nSPS) is 20.6. The molecule has 1 aliphatic rings. The number of anilines is 2. The Bertz CT molecular complexity index is 372. The Morgan fingerprint density at radius 2 is 2.39 bits per heavy atom. The topological polar surface area (TPSA) is 50.3 Å². The number of rotatable bonds is 4. The monoisotopic (exact) mass is 250 g/mol. The fourth-order valence-electron chi connectivity index (χ4n) is 2.07. The second kappa shape index (κ2) is 6.54. The maximum Gasteiger partial charge on any atom is 0.134 e. The zero-order valence-electron chi connectivity index (χ0n) is 11.2. The van der Waals surface area contributed by atoms with Crippen molar-refractivity contribution in [1.29, 1.82) is 0 Å². The van der Waals surface area contributed by atoms with Crippen molar-refractivity contribution < 1.29 is 4.74 Å². The molecular weight excluding hydrogens is 228 g/mol. The van der Waals surface area contributed by atoms with Crippen LogP contribution in [0.5, 0.6) is 0 Å². The maximum atomic E-state index is 5.65. The lowest BCUT2D eigenvalue weighted by atomic mass is 10.3. The molecule has 5 heteroatoms. The fraction of sp³-hybridized carbons (Fsp3) is 0.692.